The number of likely N-dealkylation sites (N-methyl/N-ethyl adjacent to an activating group) is 1. The van der Waals surface area contributed by atoms with E-state index in [2.05, 4.69) is 10.0 Å². The summed E-state index contributed by atoms with van der Waals surface area (Å²) in [5.74, 6) is -0.521. The Balaban J connectivity index is 2.67. The second-order valence-corrected chi connectivity index (χ2v) is 6.48. The van der Waals surface area contributed by atoms with Crippen molar-refractivity contribution in [3.05, 3.63) is 34.6 Å². The molecule has 0 amide bonds. The molecule has 0 saturated carbocycles. The summed E-state index contributed by atoms with van der Waals surface area (Å²) in [4.78, 5) is 0. The molecule has 0 spiro atoms. The summed E-state index contributed by atoms with van der Waals surface area (Å²) in [5.41, 5.74) is 0.161. The van der Waals surface area contributed by atoms with E-state index in [0.717, 1.165) is 10.8 Å². The zero-order chi connectivity index (χ0) is 15.2. The van der Waals surface area contributed by atoms with E-state index in [-0.39, 0.29) is 23.7 Å². The van der Waals surface area contributed by atoms with Gasteiger partial charge in [-0.1, -0.05) is 24.6 Å². The van der Waals surface area contributed by atoms with Crippen molar-refractivity contribution in [2.24, 2.45) is 0 Å². The summed E-state index contributed by atoms with van der Waals surface area (Å²) in [6, 6.07) is 4.25. The smallest absolute Gasteiger partial charge is 0.279 e. The maximum absolute atomic E-state index is 13.6. The Morgan fingerprint density at radius 2 is 2.05 bits per heavy atom. The van der Waals surface area contributed by atoms with E-state index in [1.165, 1.54) is 25.2 Å². The Labute approximate surface area is 124 Å². The van der Waals surface area contributed by atoms with Crippen LogP contribution in [0.15, 0.2) is 18.2 Å². The molecule has 0 radical (unpaired) electrons. The van der Waals surface area contributed by atoms with Crippen LogP contribution in [0.3, 0.4) is 0 Å². The minimum atomic E-state index is -3.65. The van der Waals surface area contributed by atoms with E-state index >= 15 is 0 Å². The number of nitrogens with zero attached hydrogens (tertiary/aromatic N) is 1. The molecular weight excluding hydrogens is 305 g/mol. The van der Waals surface area contributed by atoms with Crippen LogP contribution in [0.1, 0.15) is 12.5 Å². The standard InChI is InChI=1S/C12H19ClFN3O2S/c1-3-15-7-8-16-20(18,19)17(2)9-10-11(13)5-4-6-12(10)14/h4-6,15-16H,3,7-9H2,1-2H3. The highest BCUT2D eigenvalue weighted by atomic mass is 35.5. The number of rotatable bonds is 8. The van der Waals surface area contributed by atoms with E-state index < -0.39 is 16.0 Å². The van der Waals surface area contributed by atoms with Gasteiger partial charge in [0.15, 0.2) is 0 Å². The molecule has 20 heavy (non-hydrogen) atoms. The first-order valence-corrected chi connectivity index (χ1v) is 8.04. The first-order chi connectivity index (χ1) is 9.38. The van der Waals surface area contributed by atoms with E-state index in [1.807, 2.05) is 6.92 Å². The lowest BCUT2D eigenvalue weighted by Crippen LogP contribution is -2.40. The van der Waals surface area contributed by atoms with Crippen LogP contribution in [-0.4, -0.2) is 39.4 Å². The molecule has 8 heteroatoms. The maximum Gasteiger partial charge on any atom is 0.279 e. The van der Waals surface area contributed by atoms with Gasteiger partial charge in [0.05, 0.1) is 0 Å². The molecule has 1 aromatic rings. The van der Waals surface area contributed by atoms with Crippen LogP contribution in [0.5, 0.6) is 0 Å². The van der Waals surface area contributed by atoms with Crippen molar-refractivity contribution in [2.75, 3.05) is 26.7 Å². The minimum Gasteiger partial charge on any atom is -0.316 e. The number of benzene rings is 1. The Kier molecular flexibility index (Phi) is 6.84. The molecule has 1 rings (SSSR count). The van der Waals surface area contributed by atoms with Crippen LogP contribution < -0.4 is 10.0 Å². The second-order valence-electron chi connectivity index (χ2n) is 4.21. The highest BCUT2D eigenvalue weighted by Gasteiger charge is 2.19. The van der Waals surface area contributed by atoms with Crippen molar-refractivity contribution in [3.8, 4) is 0 Å². The number of hydrogen-bond donors (Lipinski definition) is 2. The van der Waals surface area contributed by atoms with Gasteiger partial charge in [-0.25, -0.2) is 9.11 Å². The van der Waals surface area contributed by atoms with Crippen molar-refractivity contribution >= 4 is 21.8 Å². The van der Waals surface area contributed by atoms with Gasteiger partial charge >= 0.3 is 0 Å². The van der Waals surface area contributed by atoms with Crippen LogP contribution in [-0.2, 0) is 16.8 Å². The van der Waals surface area contributed by atoms with Crippen LogP contribution in [0.25, 0.3) is 0 Å². The fourth-order valence-corrected chi connectivity index (χ4v) is 2.65. The lowest BCUT2D eigenvalue weighted by molar-refractivity contribution is 0.445. The normalized spacial score (nSPS) is 12.1. The summed E-state index contributed by atoms with van der Waals surface area (Å²) in [6.07, 6.45) is 0. The van der Waals surface area contributed by atoms with Gasteiger partial charge in [-0.05, 0) is 18.7 Å². The molecule has 1 aromatic carbocycles. The molecule has 5 nitrogen and oxygen atoms in total. The highest BCUT2D eigenvalue weighted by Crippen LogP contribution is 2.20. The molecular formula is C12H19ClFN3O2S. The summed E-state index contributed by atoms with van der Waals surface area (Å²) in [6.45, 7) is 3.38. The van der Waals surface area contributed by atoms with Crippen LogP contribution in [0, 0.1) is 5.82 Å². The van der Waals surface area contributed by atoms with Gasteiger partial charge < -0.3 is 5.32 Å². The van der Waals surface area contributed by atoms with E-state index in [9.17, 15) is 12.8 Å². The third kappa shape index (κ3) is 4.99. The maximum atomic E-state index is 13.6. The molecule has 0 unspecified atom stereocenters. The summed E-state index contributed by atoms with van der Waals surface area (Å²) in [7, 11) is -2.28. The highest BCUT2D eigenvalue weighted by molar-refractivity contribution is 7.87. The van der Waals surface area contributed by atoms with Crippen LogP contribution >= 0.6 is 11.6 Å². The molecule has 114 valence electrons. The first-order valence-electron chi connectivity index (χ1n) is 6.23. The lowest BCUT2D eigenvalue weighted by atomic mass is 10.2. The average Bonchev–Trinajstić information content (AvgIpc) is 2.39. The number of halogens is 2. The predicted molar refractivity (Wildman–Crippen MR) is 78.3 cm³/mol. The van der Waals surface area contributed by atoms with Gasteiger partial charge in [0.25, 0.3) is 10.2 Å². The van der Waals surface area contributed by atoms with E-state index in [0.29, 0.717) is 6.54 Å². The Morgan fingerprint density at radius 3 is 2.65 bits per heavy atom. The molecule has 0 atom stereocenters. The third-order valence-corrected chi connectivity index (χ3v) is 4.56. The first kappa shape index (κ1) is 17.3. The van der Waals surface area contributed by atoms with Crippen LogP contribution in [0.4, 0.5) is 4.39 Å². The van der Waals surface area contributed by atoms with Gasteiger partial charge in [0, 0.05) is 37.3 Å². The fraction of sp³-hybridized carbons (Fsp3) is 0.500. The van der Waals surface area contributed by atoms with Crippen molar-refractivity contribution < 1.29 is 12.8 Å². The number of nitrogens with one attached hydrogen (secondary N) is 2. The van der Waals surface area contributed by atoms with Gasteiger partial charge in [-0.2, -0.15) is 12.7 Å². The molecule has 0 aliphatic rings. The lowest BCUT2D eigenvalue weighted by Gasteiger charge is -2.18. The van der Waals surface area contributed by atoms with Gasteiger partial charge in [-0.3, -0.25) is 0 Å². The predicted octanol–water partition coefficient (Wildman–Crippen LogP) is 1.35. The third-order valence-electron chi connectivity index (χ3n) is 2.69. The monoisotopic (exact) mass is 323 g/mol. The minimum absolute atomic E-state index is 0.123. The summed E-state index contributed by atoms with van der Waals surface area (Å²) >= 11 is 5.88. The van der Waals surface area contributed by atoms with Crippen molar-refractivity contribution in [2.45, 2.75) is 13.5 Å². The quantitative estimate of drug-likeness (QED) is 0.710. The van der Waals surface area contributed by atoms with Gasteiger partial charge in [0.2, 0.25) is 0 Å². The number of hydrogen-bond acceptors (Lipinski definition) is 3. The molecule has 0 heterocycles. The van der Waals surface area contributed by atoms with E-state index in [1.54, 1.807) is 0 Å². The average molecular weight is 324 g/mol. The molecule has 0 fully saturated rings. The van der Waals surface area contributed by atoms with Crippen LogP contribution in [0.2, 0.25) is 5.02 Å². The SMILES string of the molecule is CCNCCNS(=O)(=O)N(C)Cc1c(F)cccc1Cl. The Hall–Kier alpha value is -0.730. The summed E-state index contributed by atoms with van der Waals surface area (Å²) in [5, 5.41) is 3.21. The Morgan fingerprint density at radius 1 is 1.35 bits per heavy atom. The zero-order valence-corrected chi connectivity index (χ0v) is 13.1. The van der Waals surface area contributed by atoms with Gasteiger partial charge in [-0.15, -0.1) is 0 Å². The van der Waals surface area contributed by atoms with Crippen molar-refractivity contribution in [3.63, 3.8) is 0 Å². The summed E-state index contributed by atoms with van der Waals surface area (Å²) < 4.78 is 41.0. The molecule has 0 aromatic heterocycles. The molecule has 0 aliphatic carbocycles. The van der Waals surface area contributed by atoms with Gasteiger partial charge in [0.1, 0.15) is 5.82 Å². The molecule has 0 aliphatic heterocycles. The van der Waals surface area contributed by atoms with Crippen molar-refractivity contribution in [1.29, 1.82) is 0 Å². The molecule has 2 N–H and O–H groups in total. The van der Waals surface area contributed by atoms with Crippen molar-refractivity contribution in [1.82, 2.24) is 14.3 Å². The molecule has 0 saturated heterocycles. The topological polar surface area (TPSA) is 61.4 Å². The molecule has 0 bridgehead atoms. The second kappa shape index (κ2) is 7.90. The fourth-order valence-electron chi connectivity index (χ4n) is 1.55. The largest absolute Gasteiger partial charge is 0.316 e. The van der Waals surface area contributed by atoms with E-state index in [4.69, 9.17) is 11.6 Å². The Bertz CT molecular complexity index is 519. The zero-order valence-electron chi connectivity index (χ0n) is 11.5.